The van der Waals surface area contributed by atoms with Crippen molar-refractivity contribution in [1.82, 2.24) is 10.2 Å². The lowest BCUT2D eigenvalue weighted by atomic mass is 9.96. The van der Waals surface area contributed by atoms with Crippen molar-refractivity contribution in [3.05, 3.63) is 51.8 Å². The summed E-state index contributed by atoms with van der Waals surface area (Å²) in [6.07, 6.45) is 0.631. The summed E-state index contributed by atoms with van der Waals surface area (Å²) in [7, 11) is 0. The number of nitro benzene ring substituents is 1. The zero-order valence-electron chi connectivity index (χ0n) is 12.1. The van der Waals surface area contributed by atoms with E-state index in [0.717, 1.165) is 37.8 Å². The maximum atomic E-state index is 13.3. The molecule has 1 N–H and O–H groups in total. The second-order valence-electron chi connectivity index (χ2n) is 5.42. The van der Waals surface area contributed by atoms with Crippen molar-refractivity contribution in [3.63, 3.8) is 0 Å². The van der Waals surface area contributed by atoms with E-state index >= 15 is 0 Å². The van der Waals surface area contributed by atoms with Gasteiger partial charge in [0.1, 0.15) is 5.82 Å². The predicted molar refractivity (Wildman–Crippen MR) is 79.7 cm³/mol. The molecule has 0 bridgehead atoms. The predicted octanol–water partition coefficient (Wildman–Crippen LogP) is 2.65. The van der Waals surface area contributed by atoms with Crippen molar-refractivity contribution < 1.29 is 9.31 Å². The molecule has 0 aromatic heterocycles. The lowest BCUT2D eigenvalue weighted by Gasteiger charge is -2.35. The molecule has 0 radical (unpaired) electrons. The Balaban J connectivity index is 2.39. The van der Waals surface area contributed by atoms with Gasteiger partial charge in [-0.2, -0.15) is 0 Å². The smallest absolute Gasteiger partial charge is 0.277 e. The largest absolute Gasteiger partial charge is 0.314 e. The number of nitrogens with zero attached hydrogens (tertiary/aromatic N) is 2. The van der Waals surface area contributed by atoms with Crippen molar-refractivity contribution in [2.24, 2.45) is 0 Å². The zero-order chi connectivity index (χ0) is 15.4. The molecule has 0 saturated carbocycles. The van der Waals surface area contributed by atoms with Gasteiger partial charge in [0.15, 0.2) is 0 Å². The highest BCUT2D eigenvalue weighted by Crippen LogP contribution is 2.34. The van der Waals surface area contributed by atoms with E-state index in [9.17, 15) is 14.5 Å². The average molecular weight is 293 g/mol. The number of hydrogen-bond donors (Lipinski definition) is 1. The van der Waals surface area contributed by atoms with Crippen LogP contribution in [0.15, 0.2) is 30.4 Å². The Hall–Kier alpha value is -1.79. The third-order valence-corrected chi connectivity index (χ3v) is 3.68. The molecule has 1 saturated heterocycles. The Morgan fingerprint density at radius 3 is 2.76 bits per heavy atom. The minimum atomic E-state index is -0.583. The van der Waals surface area contributed by atoms with Crippen LogP contribution in [-0.4, -0.2) is 36.0 Å². The van der Waals surface area contributed by atoms with Crippen LogP contribution in [-0.2, 0) is 0 Å². The van der Waals surface area contributed by atoms with Crippen molar-refractivity contribution >= 4 is 5.69 Å². The molecule has 1 aliphatic rings. The number of nitrogens with one attached hydrogen (secondary N) is 1. The highest BCUT2D eigenvalue weighted by atomic mass is 19.1. The highest BCUT2D eigenvalue weighted by molar-refractivity contribution is 5.43. The van der Waals surface area contributed by atoms with Gasteiger partial charge in [0.25, 0.3) is 5.69 Å². The molecule has 1 fully saturated rings. The fourth-order valence-electron chi connectivity index (χ4n) is 2.72. The van der Waals surface area contributed by atoms with Gasteiger partial charge >= 0.3 is 0 Å². The summed E-state index contributed by atoms with van der Waals surface area (Å²) >= 11 is 0. The average Bonchev–Trinajstić information content (AvgIpc) is 2.45. The normalized spacial score (nSPS) is 17.4. The van der Waals surface area contributed by atoms with Gasteiger partial charge in [-0.1, -0.05) is 5.57 Å². The highest BCUT2D eigenvalue weighted by Gasteiger charge is 2.28. The first kappa shape index (κ1) is 15.6. The Kier molecular flexibility index (Phi) is 5.03. The van der Waals surface area contributed by atoms with Gasteiger partial charge in [-0.25, -0.2) is 4.39 Å². The topological polar surface area (TPSA) is 58.4 Å². The quantitative estimate of drug-likeness (QED) is 0.515. The second kappa shape index (κ2) is 6.78. The molecule has 0 amide bonds. The van der Waals surface area contributed by atoms with Crippen molar-refractivity contribution in [2.75, 3.05) is 26.2 Å². The fraction of sp³-hybridized carbons (Fsp3) is 0.467. The minimum Gasteiger partial charge on any atom is -0.314 e. The Labute approximate surface area is 123 Å². The van der Waals surface area contributed by atoms with E-state index in [-0.39, 0.29) is 11.7 Å². The van der Waals surface area contributed by atoms with Crippen molar-refractivity contribution in [2.45, 2.75) is 19.4 Å². The van der Waals surface area contributed by atoms with Crippen LogP contribution in [0, 0.1) is 15.9 Å². The van der Waals surface area contributed by atoms with Gasteiger partial charge in [-0.3, -0.25) is 15.0 Å². The van der Waals surface area contributed by atoms with Crippen LogP contribution in [0.4, 0.5) is 10.1 Å². The maximum absolute atomic E-state index is 13.3. The summed E-state index contributed by atoms with van der Waals surface area (Å²) in [5.41, 5.74) is 1.36. The number of benzene rings is 1. The summed E-state index contributed by atoms with van der Waals surface area (Å²) in [5.74, 6) is -0.583. The lowest BCUT2D eigenvalue weighted by Crippen LogP contribution is -2.45. The zero-order valence-corrected chi connectivity index (χ0v) is 12.1. The standard InChI is InChI=1S/C15H20FN3O2/c1-11(2)9-14(18-7-5-17-6-8-18)13-4-3-12(16)10-15(13)19(20)21/h3-4,10,14,17H,1,5-9H2,2H3/t14-/m1/s1. The molecule has 2 rings (SSSR count). The van der Waals surface area contributed by atoms with Gasteiger partial charge in [-0.05, 0) is 25.5 Å². The van der Waals surface area contributed by atoms with E-state index in [2.05, 4.69) is 16.8 Å². The second-order valence-corrected chi connectivity index (χ2v) is 5.42. The number of nitro groups is 1. The first-order valence-electron chi connectivity index (χ1n) is 7.02. The molecule has 0 spiro atoms. The molecule has 21 heavy (non-hydrogen) atoms. The van der Waals surface area contributed by atoms with Gasteiger partial charge in [-0.15, -0.1) is 6.58 Å². The first-order chi connectivity index (χ1) is 9.99. The van der Waals surface area contributed by atoms with Gasteiger partial charge in [0.05, 0.1) is 11.0 Å². The molecule has 5 nitrogen and oxygen atoms in total. The number of piperazine rings is 1. The van der Waals surface area contributed by atoms with Crippen LogP contribution in [0.1, 0.15) is 24.9 Å². The van der Waals surface area contributed by atoms with Gasteiger partial charge in [0, 0.05) is 37.8 Å². The Morgan fingerprint density at radius 1 is 1.52 bits per heavy atom. The first-order valence-corrected chi connectivity index (χ1v) is 7.02. The molecule has 1 heterocycles. The number of hydrogen-bond acceptors (Lipinski definition) is 4. The van der Waals surface area contributed by atoms with Crippen LogP contribution < -0.4 is 5.32 Å². The summed E-state index contributed by atoms with van der Waals surface area (Å²) in [4.78, 5) is 12.9. The summed E-state index contributed by atoms with van der Waals surface area (Å²) in [5, 5.41) is 14.5. The van der Waals surface area contributed by atoms with E-state index < -0.39 is 10.7 Å². The third-order valence-electron chi connectivity index (χ3n) is 3.68. The maximum Gasteiger partial charge on any atom is 0.277 e. The van der Waals surface area contributed by atoms with Crippen LogP contribution in [0.2, 0.25) is 0 Å². The SMILES string of the molecule is C=C(C)C[C@H](c1ccc(F)cc1[N+](=O)[O-])N1CCNCC1. The number of rotatable bonds is 5. The van der Waals surface area contributed by atoms with Gasteiger partial charge in [0.2, 0.25) is 0 Å². The van der Waals surface area contributed by atoms with Crippen LogP contribution >= 0.6 is 0 Å². The molecule has 1 aromatic carbocycles. The van der Waals surface area contributed by atoms with Crippen LogP contribution in [0.25, 0.3) is 0 Å². The summed E-state index contributed by atoms with van der Waals surface area (Å²) in [6, 6.07) is 3.69. The van der Waals surface area contributed by atoms with Crippen molar-refractivity contribution in [1.29, 1.82) is 0 Å². The molecular formula is C15H20FN3O2. The molecule has 6 heteroatoms. The molecule has 1 aromatic rings. The van der Waals surface area contributed by atoms with E-state index in [4.69, 9.17) is 0 Å². The Morgan fingerprint density at radius 2 is 2.19 bits per heavy atom. The minimum absolute atomic E-state index is 0.134. The summed E-state index contributed by atoms with van der Waals surface area (Å²) in [6.45, 7) is 9.15. The van der Waals surface area contributed by atoms with E-state index in [1.165, 1.54) is 12.1 Å². The third kappa shape index (κ3) is 3.86. The van der Waals surface area contributed by atoms with Crippen molar-refractivity contribution in [3.8, 4) is 0 Å². The van der Waals surface area contributed by atoms with Gasteiger partial charge < -0.3 is 5.32 Å². The molecule has 1 atom stereocenters. The number of halogens is 1. The Bertz CT molecular complexity index is 542. The van der Waals surface area contributed by atoms with E-state index in [1.54, 1.807) is 0 Å². The molecule has 1 aliphatic heterocycles. The molecular weight excluding hydrogens is 273 g/mol. The molecule has 0 aliphatic carbocycles. The van der Waals surface area contributed by atoms with Crippen LogP contribution in [0.3, 0.4) is 0 Å². The molecule has 114 valence electrons. The molecule has 0 unspecified atom stereocenters. The monoisotopic (exact) mass is 293 g/mol. The van der Waals surface area contributed by atoms with Crippen LogP contribution in [0.5, 0.6) is 0 Å². The lowest BCUT2D eigenvalue weighted by molar-refractivity contribution is -0.386. The van der Waals surface area contributed by atoms with E-state index in [1.807, 2.05) is 6.92 Å². The summed E-state index contributed by atoms with van der Waals surface area (Å²) < 4.78 is 13.3. The van der Waals surface area contributed by atoms with E-state index in [0.29, 0.717) is 12.0 Å². The fourth-order valence-corrected chi connectivity index (χ4v) is 2.72.